The van der Waals surface area contributed by atoms with Crippen molar-refractivity contribution in [2.75, 3.05) is 19.5 Å². The van der Waals surface area contributed by atoms with Crippen molar-refractivity contribution in [3.8, 4) is 6.01 Å². The maximum atomic E-state index is 11.2. The van der Waals surface area contributed by atoms with Crippen LogP contribution in [-0.2, 0) is 4.79 Å². The van der Waals surface area contributed by atoms with Crippen LogP contribution in [0.3, 0.4) is 0 Å². The summed E-state index contributed by atoms with van der Waals surface area (Å²) in [6.07, 6.45) is 0. The first-order valence-electron chi connectivity index (χ1n) is 4.50. The van der Waals surface area contributed by atoms with E-state index in [-0.39, 0.29) is 23.1 Å². The van der Waals surface area contributed by atoms with Gasteiger partial charge in [0, 0.05) is 7.05 Å². The average Bonchev–Trinajstić information content (AvgIpc) is 2.26. The molecule has 0 saturated heterocycles. The lowest BCUT2D eigenvalue weighted by Gasteiger charge is -2.12. The molecule has 1 unspecified atom stereocenters. The fraction of sp³-hybridized carbons (Fsp3) is 0.500. The standard InChI is InChI=1S/C8H12ClN5O2/c1-4(5(15)10-2)11-7-12-6(9)13-8(14-7)16-3/h4H,1-3H3,(H,10,15)(H,11,12,13,14). The molecule has 0 aliphatic heterocycles. The van der Waals surface area contributed by atoms with Crippen molar-refractivity contribution in [2.24, 2.45) is 0 Å². The van der Waals surface area contributed by atoms with Crippen molar-refractivity contribution < 1.29 is 9.53 Å². The van der Waals surface area contributed by atoms with E-state index in [0.29, 0.717) is 0 Å². The number of ether oxygens (including phenoxy) is 1. The maximum absolute atomic E-state index is 11.2. The number of hydrogen-bond donors (Lipinski definition) is 2. The highest BCUT2D eigenvalue weighted by molar-refractivity contribution is 6.28. The van der Waals surface area contributed by atoms with Gasteiger partial charge in [-0.2, -0.15) is 15.0 Å². The Morgan fingerprint density at radius 2 is 2.12 bits per heavy atom. The normalized spacial score (nSPS) is 11.8. The van der Waals surface area contributed by atoms with Gasteiger partial charge in [0.1, 0.15) is 6.04 Å². The summed E-state index contributed by atoms with van der Waals surface area (Å²) in [5.41, 5.74) is 0. The number of likely N-dealkylation sites (N-methyl/N-ethyl adjacent to an activating group) is 1. The molecule has 16 heavy (non-hydrogen) atoms. The van der Waals surface area contributed by atoms with Crippen molar-refractivity contribution in [2.45, 2.75) is 13.0 Å². The summed E-state index contributed by atoms with van der Waals surface area (Å²) < 4.78 is 4.82. The number of halogens is 1. The Morgan fingerprint density at radius 1 is 1.44 bits per heavy atom. The molecular formula is C8H12ClN5O2. The van der Waals surface area contributed by atoms with E-state index in [9.17, 15) is 4.79 Å². The molecule has 0 aliphatic carbocycles. The Hall–Kier alpha value is -1.63. The van der Waals surface area contributed by atoms with Crippen LogP contribution in [0.4, 0.5) is 5.95 Å². The number of aromatic nitrogens is 3. The van der Waals surface area contributed by atoms with Crippen LogP contribution in [0.1, 0.15) is 6.92 Å². The predicted octanol–water partition coefficient (Wildman–Crippen LogP) is 0.0800. The molecule has 7 nitrogen and oxygen atoms in total. The highest BCUT2D eigenvalue weighted by Gasteiger charge is 2.13. The van der Waals surface area contributed by atoms with Gasteiger partial charge < -0.3 is 15.4 Å². The minimum Gasteiger partial charge on any atom is -0.467 e. The molecule has 88 valence electrons. The first-order valence-corrected chi connectivity index (χ1v) is 4.88. The second-order valence-corrected chi connectivity index (χ2v) is 3.23. The molecule has 0 radical (unpaired) electrons. The summed E-state index contributed by atoms with van der Waals surface area (Å²) in [4.78, 5) is 22.7. The second kappa shape index (κ2) is 5.45. The fourth-order valence-corrected chi connectivity index (χ4v) is 1.12. The Labute approximate surface area is 97.6 Å². The number of nitrogens with zero attached hydrogens (tertiary/aromatic N) is 3. The first kappa shape index (κ1) is 12.4. The van der Waals surface area contributed by atoms with Gasteiger partial charge in [-0.25, -0.2) is 0 Å². The van der Waals surface area contributed by atoms with Crippen molar-refractivity contribution >= 4 is 23.5 Å². The van der Waals surface area contributed by atoms with Crippen LogP contribution in [0, 0.1) is 0 Å². The minimum absolute atomic E-state index is 0.00143. The molecule has 0 spiro atoms. The Bertz CT molecular complexity index is 387. The third-order valence-corrected chi connectivity index (χ3v) is 1.92. The van der Waals surface area contributed by atoms with Gasteiger partial charge in [0.05, 0.1) is 7.11 Å². The van der Waals surface area contributed by atoms with Crippen LogP contribution >= 0.6 is 11.6 Å². The molecule has 1 atom stereocenters. The molecule has 8 heteroatoms. The lowest BCUT2D eigenvalue weighted by Crippen LogP contribution is -2.35. The van der Waals surface area contributed by atoms with Crippen LogP contribution in [0.25, 0.3) is 0 Å². The summed E-state index contributed by atoms with van der Waals surface area (Å²) >= 11 is 5.64. The van der Waals surface area contributed by atoms with E-state index < -0.39 is 6.04 Å². The van der Waals surface area contributed by atoms with Gasteiger partial charge in [-0.3, -0.25) is 4.79 Å². The zero-order valence-electron chi connectivity index (χ0n) is 9.11. The van der Waals surface area contributed by atoms with Gasteiger partial charge in [0.25, 0.3) is 0 Å². The molecule has 1 heterocycles. The number of nitrogens with one attached hydrogen (secondary N) is 2. The molecule has 0 fully saturated rings. The second-order valence-electron chi connectivity index (χ2n) is 2.90. The SMILES string of the molecule is CNC(=O)C(C)Nc1nc(Cl)nc(OC)n1. The average molecular weight is 246 g/mol. The zero-order valence-corrected chi connectivity index (χ0v) is 9.87. The number of methoxy groups -OCH3 is 1. The lowest BCUT2D eigenvalue weighted by atomic mass is 10.3. The van der Waals surface area contributed by atoms with Gasteiger partial charge >= 0.3 is 6.01 Å². The first-order chi connectivity index (χ1) is 7.56. The Morgan fingerprint density at radius 3 is 2.69 bits per heavy atom. The quantitative estimate of drug-likeness (QED) is 0.781. The number of carbonyl (C=O) groups is 1. The van der Waals surface area contributed by atoms with Crippen LogP contribution in [0.2, 0.25) is 5.28 Å². The van der Waals surface area contributed by atoms with E-state index in [2.05, 4.69) is 25.6 Å². The summed E-state index contributed by atoms with van der Waals surface area (Å²) in [5, 5.41) is 5.26. The van der Waals surface area contributed by atoms with E-state index in [4.69, 9.17) is 16.3 Å². The number of amides is 1. The van der Waals surface area contributed by atoms with Crippen LogP contribution in [-0.4, -0.2) is 41.1 Å². The summed E-state index contributed by atoms with van der Waals surface area (Å²) in [6, 6.07) is -0.389. The molecule has 1 amide bonds. The topological polar surface area (TPSA) is 89.0 Å². The Kier molecular flexibility index (Phi) is 4.24. The van der Waals surface area contributed by atoms with E-state index in [1.807, 2.05) is 0 Å². The molecule has 2 N–H and O–H groups in total. The maximum Gasteiger partial charge on any atom is 0.322 e. The van der Waals surface area contributed by atoms with Crippen molar-refractivity contribution in [1.82, 2.24) is 20.3 Å². The van der Waals surface area contributed by atoms with Gasteiger partial charge in [-0.1, -0.05) is 0 Å². The third-order valence-electron chi connectivity index (χ3n) is 1.76. The minimum atomic E-state index is -0.479. The summed E-state index contributed by atoms with van der Waals surface area (Å²) in [5.74, 6) is 0.00320. The largest absolute Gasteiger partial charge is 0.467 e. The smallest absolute Gasteiger partial charge is 0.322 e. The van der Waals surface area contributed by atoms with Crippen LogP contribution in [0.15, 0.2) is 0 Å². The van der Waals surface area contributed by atoms with Gasteiger partial charge in [0.2, 0.25) is 17.1 Å². The van der Waals surface area contributed by atoms with E-state index in [1.54, 1.807) is 14.0 Å². The molecule has 1 aromatic rings. The number of anilines is 1. The van der Waals surface area contributed by atoms with Crippen molar-refractivity contribution in [3.63, 3.8) is 0 Å². The summed E-state index contributed by atoms with van der Waals surface area (Å²) in [7, 11) is 2.96. The van der Waals surface area contributed by atoms with Gasteiger partial charge in [-0.05, 0) is 18.5 Å². The molecule has 1 rings (SSSR count). The highest BCUT2D eigenvalue weighted by Crippen LogP contribution is 2.11. The lowest BCUT2D eigenvalue weighted by molar-refractivity contribution is -0.121. The molecule has 0 aliphatic rings. The van der Waals surface area contributed by atoms with Crippen LogP contribution in [0.5, 0.6) is 6.01 Å². The number of rotatable bonds is 4. The molecule has 0 aromatic carbocycles. The molecular weight excluding hydrogens is 234 g/mol. The number of carbonyl (C=O) groups excluding carboxylic acids is 1. The molecule has 0 bridgehead atoms. The molecule has 0 saturated carbocycles. The fourth-order valence-electron chi connectivity index (χ4n) is 0.963. The third kappa shape index (κ3) is 3.20. The summed E-state index contributed by atoms with van der Waals surface area (Å²) in [6.45, 7) is 1.67. The van der Waals surface area contributed by atoms with Gasteiger partial charge in [-0.15, -0.1) is 0 Å². The monoisotopic (exact) mass is 245 g/mol. The zero-order chi connectivity index (χ0) is 12.1. The van der Waals surface area contributed by atoms with E-state index in [1.165, 1.54) is 7.11 Å². The van der Waals surface area contributed by atoms with Crippen LogP contribution < -0.4 is 15.4 Å². The Balaban J connectivity index is 2.80. The van der Waals surface area contributed by atoms with E-state index in [0.717, 1.165) is 0 Å². The predicted molar refractivity (Wildman–Crippen MR) is 58.5 cm³/mol. The van der Waals surface area contributed by atoms with Crippen molar-refractivity contribution in [3.05, 3.63) is 5.28 Å². The highest BCUT2D eigenvalue weighted by atomic mass is 35.5. The van der Waals surface area contributed by atoms with E-state index >= 15 is 0 Å². The van der Waals surface area contributed by atoms with Gasteiger partial charge in [0.15, 0.2) is 0 Å². The number of hydrogen-bond acceptors (Lipinski definition) is 6. The van der Waals surface area contributed by atoms with Crippen molar-refractivity contribution in [1.29, 1.82) is 0 Å². The molecule has 1 aromatic heterocycles.